The zero-order chi connectivity index (χ0) is 14.4. The lowest BCUT2D eigenvalue weighted by atomic mass is 9.82. The molecule has 2 bridgehead atoms. The van der Waals surface area contributed by atoms with E-state index < -0.39 is 0 Å². The molecule has 0 radical (unpaired) electrons. The van der Waals surface area contributed by atoms with Crippen molar-refractivity contribution in [2.45, 2.75) is 50.2 Å². The number of anilines is 1. The fourth-order valence-corrected chi connectivity index (χ4v) is 4.16. The molecule has 1 N–H and O–H groups in total. The summed E-state index contributed by atoms with van der Waals surface area (Å²) in [4.78, 5) is 7.15. The molecule has 4 rings (SSSR count). The number of fused-ring (bicyclic) bond motifs is 3. The van der Waals surface area contributed by atoms with E-state index in [1.165, 1.54) is 32.1 Å². The van der Waals surface area contributed by atoms with Crippen molar-refractivity contribution in [1.29, 1.82) is 0 Å². The van der Waals surface area contributed by atoms with Gasteiger partial charge in [0.1, 0.15) is 0 Å². The van der Waals surface area contributed by atoms with E-state index in [0.717, 1.165) is 28.2 Å². The van der Waals surface area contributed by atoms with Gasteiger partial charge in [0.05, 0.1) is 0 Å². The Kier molecular flexibility index (Phi) is 3.38. The van der Waals surface area contributed by atoms with Gasteiger partial charge in [-0.15, -0.1) is 5.10 Å². The van der Waals surface area contributed by atoms with Crippen molar-refractivity contribution >= 4 is 27.5 Å². The monoisotopic (exact) mass is 349 g/mol. The summed E-state index contributed by atoms with van der Waals surface area (Å²) < 4.78 is 2.84. The van der Waals surface area contributed by atoms with Gasteiger partial charge in [-0.1, -0.05) is 6.42 Å². The number of piperidine rings is 2. The Morgan fingerprint density at radius 2 is 2.00 bits per heavy atom. The summed E-state index contributed by atoms with van der Waals surface area (Å²) in [6, 6.07) is 5.92. The minimum Gasteiger partial charge on any atom is -0.350 e. The van der Waals surface area contributed by atoms with Crippen LogP contribution in [0.5, 0.6) is 0 Å². The zero-order valence-corrected chi connectivity index (χ0v) is 13.8. The van der Waals surface area contributed by atoms with Crippen LogP contribution in [0.25, 0.3) is 5.65 Å². The van der Waals surface area contributed by atoms with E-state index in [1.807, 2.05) is 22.8 Å². The summed E-state index contributed by atoms with van der Waals surface area (Å²) in [5, 5.41) is 8.09. The number of nitrogens with one attached hydrogen (secondary N) is 1. The molecule has 2 aliphatic rings. The fourth-order valence-electron chi connectivity index (χ4n) is 3.84. The van der Waals surface area contributed by atoms with Gasteiger partial charge in [0.2, 0.25) is 5.95 Å². The molecule has 0 spiro atoms. The Hall–Kier alpha value is -1.14. The number of rotatable bonds is 2. The predicted molar refractivity (Wildman–Crippen MR) is 86.5 cm³/mol. The van der Waals surface area contributed by atoms with Gasteiger partial charge >= 0.3 is 0 Å². The van der Waals surface area contributed by atoms with Gasteiger partial charge in [0, 0.05) is 28.8 Å². The normalized spacial score (nSPS) is 29.7. The Bertz CT molecular complexity index is 641. The number of hydrogen-bond donors (Lipinski definition) is 1. The molecule has 5 nitrogen and oxygen atoms in total. The summed E-state index contributed by atoms with van der Waals surface area (Å²) in [6.45, 7) is 0. The highest BCUT2D eigenvalue weighted by atomic mass is 79.9. The third-order valence-corrected chi connectivity index (χ3v) is 5.44. The van der Waals surface area contributed by atoms with Crippen molar-refractivity contribution in [2.24, 2.45) is 0 Å². The summed E-state index contributed by atoms with van der Waals surface area (Å²) >= 11 is 3.46. The molecule has 21 heavy (non-hydrogen) atoms. The first-order valence-corrected chi connectivity index (χ1v) is 8.49. The Balaban J connectivity index is 1.52. The van der Waals surface area contributed by atoms with Crippen LogP contribution in [-0.2, 0) is 0 Å². The number of pyridine rings is 1. The Morgan fingerprint density at radius 3 is 2.76 bits per heavy atom. The van der Waals surface area contributed by atoms with Gasteiger partial charge in [-0.3, -0.25) is 0 Å². The maximum Gasteiger partial charge on any atom is 0.243 e. The second-order valence-corrected chi connectivity index (χ2v) is 7.22. The van der Waals surface area contributed by atoms with E-state index in [1.54, 1.807) is 0 Å². The quantitative estimate of drug-likeness (QED) is 0.905. The van der Waals surface area contributed by atoms with E-state index >= 15 is 0 Å². The molecule has 2 atom stereocenters. The minimum absolute atomic E-state index is 0.498. The average molecular weight is 350 g/mol. The fraction of sp³-hybridized carbons (Fsp3) is 0.600. The highest BCUT2D eigenvalue weighted by molar-refractivity contribution is 9.10. The average Bonchev–Trinajstić information content (AvgIpc) is 2.81. The molecular formula is C15H20BrN5. The molecule has 0 aliphatic carbocycles. The third-order valence-electron chi connectivity index (χ3n) is 4.97. The largest absolute Gasteiger partial charge is 0.350 e. The predicted octanol–water partition coefficient (Wildman–Crippen LogP) is 2.92. The molecule has 0 amide bonds. The number of aromatic nitrogens is 3. The summed E-state index contributed by atoms with van der Waals surface area (Å²) in [6.07, 6.45) is 8.38. The molecule has 2 aromatic heterocycles. The molecular weight excluding hydrogens is 330 g/mol. The minimum atomic E-state index is 0.498. The van der Waals surface area contributed by atoms with E-state index in [9.17, 15) is 0 Å². The van der Waals surface area contributed by atoms with Crippen molar-refractivity contribution in [1.82, 2.24) is 19.5 Å². The topological polar surface area (TPSA) is 45.5 Å². The van der Waals surface area contributed by atoms with Gasteiger partial charge in [-0.2, -0.15) is 4.98 Å². The molecule has 6 heteroatoms. The van der Waals surface area contributed by atoms with Gasteiger partial charge in [-0.05, 0) is 60.8 Å². The first-order valence-electron chi connectivity index (χ1n) is 7.69. The van der Waals surface area contributed by atoms with Crippen molar-refractivity contribution in [3.8, 4) is 0 Å². The maximum absolute atomic E-state index is 4.57. The van der Waals surface area contributed by atoms with Crippen LogP contribution in [0.3, 0.4) is 0 Å². The van der Waals surface area contributed by atoms with Crippen LogP contribution in [-0.4, -0.2) is 44.7 Å². The summed E-state index contributed by atoms with van der Waals surface area (Å²) in [5.74, 6) is 0.751. The second kappa shape index (κ2) is 5.25. The molecule has 2 saturated heterocycles. The van der Waals surface area contributed by atoms with E-state index in [0.29, 0.717) is 6.04 Å². The molecule has 4 heterocycles. The molecule has 2 unspecified atom stereocenters. The molecule has 2 aliphatic heterocycles. The molecule has 2 fully saturated rings. The van der Waals surface area contributed by atoms with Crippen molar-refractivity contribution in [3.63, 3.8) is 0 Å². The van der Waals surface area contributed by atoms with Crippen LogP contribution < -0.4 is 5.32 Å². The SMILES string of the molecule is CN1C2CCCC1CC(Nc1nc3ccc(Br)cn3n1)C2. The number of hydrogen-bond acceptors (Lipinski definition) is 4. The second-order valence-electron chi connectivity index (χ2n) is 6.30. The zero-order valence-electron chi connectivity index (χ0n) is 12.2. The van der Waals surface area contributed by atoms with E-state index in [-0.39, 0.29) is 0 Å². The molecule has 0 aromatic carbocycles. The van der Waals surface area contributed by atoms with Crippen LogP contribution in [0, 0.1) is 0 Å². The van der Waals surface area contributed by atoms with Crippen LogP contribution in [0.2, 0.25) is 0 Å². The van der Waals surface area contributed by atoms with Gasteiger partial charge in [-0.25, -0.2) is 4.52 Å². The lowest BCUT2D eigenvalue weighted by Crippen LogP contribution is -2.52. The first kappa shape index (κ1) is 13.5. The maximum atomic E-state index is 4.57. The summed E-state index contributed by atoms with van der Waals surface area (Å²) in [5.41, 5.74) is 0.883. The number of halogens is 1. The molecule has 112 valence electrons. The standard InChI is InChI=1S/C15H20BrN5/c1-20-12-3-2-4-13(20)8-11(7-12)17-15-18-14-6-5-10(16)9-21(14)19-15/h5-6,9,11-13H,2-4,7-8H2,1H3,(H,17,19). The first-order chi connectivity index (χ1) is 10.2. The van der Waals surface area contributed by atoms with Crippen LogP contribution in [0.1, 0.15) is 32.1 Å². The summed E-state index contributed by atoms with van der Waals surface area (Å²) in [7, 11) is 2.28. The van der Waals surface area contributed by atoms with Crippen molar-refractivity contribution in [2.75, 3.05) is 12.4 Å². The van der Waals surface area contributed by atoms with Gasteiger partial charge in [0.15, 0.2) is 5.65 Å². The highest BCUT2D eigenvalue weighted by Gasteiger charge is 2.36. The van der Waals surface area contributed by atoms with Gasteiger partial charge in [0.25, 0.3) is 0 Å². The third kappa shape index (κ3) is 2.55. The smallest absolute Gasteiger partial charge is 0.243 e. The van der Waals surface area contributed by atoms with Crippen LogP contribution in [0.4, 0.5) is 5.95 Å². The van der Waals surface area contributed by atoms with Crippen LogP contribution in [0.15, 0.2) is 22.8 Å². The molecule has 0 saturated carbocycles. The lowest BCUT2D eigenvalue weighted by molar-refractivity contribution is 0.0607. The Morgan fingerprint density at radius 1 is 1.24 bits per heavy atom. The van der Waals surface area contributed by atoms with E-state index in [4.69, 9.17) is 0 Å². The van der Waals surface area contributed by atoms with Crippen molar-refractivity contribution < 1.29 is 0 Å². The van der Waals surface area contributed by atoms with Gasteiger partial charge < -0.3 is 10.2 Å². The number of nitrogens with zero attached hydrogens (tertiary/aromatic N) is 4. The lowest BCUT2D eigenvalue weighted by Gasteiger charge is -2.47. The van der Waals surface area contributed by atoms with Crippen molar-refractivity contribution in [3.05, 3.63) is 22.8 Å². The van der Waals surface area contributed by atoms with Crippen LogP contribution >= 0.6 is 15.9 Å². The Labute approximate surface area is 132 Å². The molecule has 2 aromatic rings. The highest BCUT2D eigenvalue weighted by Crippen LogP contribution is 2.33. The van der Waals surface area contributed by atoms with E-state index in [2.05, 4.69) is 43.3 Å².